The van der Waals surface area contributed by atoms with Gasteiger partial charge in [-0.25, -0.2) is 19.5 Å². The highest BCUT2D eigenvalue weighted by Crippen LogP contribution is 2.33. The van der Waals surface area contributed by atoms with Gasteiger partial charge >= 0.3 is 0 Å². The number of nitrogen functional groups attached to an aromatic ring is 1. The highest BCUT2D eigenvalue weighted by molar-refractivity contribution is 6.21. The van der Waals surface area contributed by atoms with E-state index in [9.17, 15) is 14.4 Å². The van der Waals surface area contributed by atoms with Gasteiger partial charge < -0.3 is 20.3 Å². The molecule has 0 bridgehead atoms. The molecule has 0 radical (unpaired) electrons. The molecule has 5 aromatic rings. The highest BCUT2D eigenvalue weighted by Gasteiger charge is 2.42. The fourth-order valence-corrected chi connectivity index (χ4v) is 6.84. The zero-order valence-electron chi connectivity index (χ0n) is 28.3. The number of anilines is 2. The molecule has 52 heavy (non-hydrogen) atoms. The maximum atomic E-state index is 13.2. The Morgan fingerprint density at radius 1 is 0.904 bits per heavy atom. The lowest BCUT2D eigenvalue weighted by atomic mass is 10.1. The van der Waals surface area contributed by atoms with Gasteiger partial charge in [-0.05, 0) is 67.4 Å². The molecule has 8 rings (SSSR count). The van der Waals surface area contributed by atoms with Crippen LogP contribution in [-0.4, -0.2) is 86.3 Å². The number of aryl methyl sites for hydroxylation is 1. The SMILES string of the molecule is Nc1ncnc2c1c(-c1ccc(Oc3ccccc3)cc1)nn2CCCCC(=O)N1CCN(c2ccc3c(c2)C(=O)N(C2CCONO2)C3=O)CC1. The van der Waals surface area contributed by atoms with E-state index < -0.39 is 6.23 Å². The summed E-state index contributed by atoms with van der Waals surface area (Å²) in [5.74, 6) is 1.15. The summed E-state index contributed by atoms with van der Waals surface area (Å²) in [7, 11) is 0. The van der Waals surface area contributed by atoms with Crippen molar-refractivity contribution < 1.29 is 28.8 Å². The van der Waals surface area contributed by atoms with Gasteiger partial charge in [-0.15, -0.1) is 0 Å². The van der Waals surface area contributed by atoms with Crippen molar-refractivity contribution >= 4 is 40.3 Å². The minimum Gasteiger partial charge on any atom is -0.457 e. The number of rotatable bonds is 10. The van der Waals surface area contributed by atoms with Crippen LogP contribution in [0.25, 0.3) is 22.3 Å². The number of nitrogens with one attached hydrogen (secondary N) is 1. The molecule has 2 fully saturated rings. The van der Waals surface area contributed by atoms with Crippen LogP contribution < -0.4 is 21.0 Å². The molecule has 3 aliphatic heterocycles. The lowest BCUT2D eigenvalue weighted by molar-refractivity contribution is -0.259. The Balaban J connectivity index is 0.847. The number of carbonyl (C=O) groups excluding carboxylic acids is 3. The van der Waals surface area contributed by atoms with E-state index in [0.29, 0.717) is 98.0 Å². The largest absolute Gasteiger partial charge is 0.457 e. The number of imide groups is 1. The van der Waals surface area contributed by atoms with E-state index in [0.717, 1.165) is 28.3 Å². The van der Waals surface area contributed by atoms with Crippen molar-refractivity contribution in [3.63, 3.8) is 0 Å². The fraction of sp³-hybridized carbons (Fsp3) is 0.297. The zero-order valence-corrected chi connectivity index (χ0v) is 28.3. The second-order valence-corrected chi connectivity index (χ2v) is 12.8. The Labute approximate surface area is 298 Å². The molecule has 3 amide bonds. The number of ether oxygens (including phenoxy) is 1. The van der Waals surface area contributed by atoms with E-state index in [-0.39, 0.29) is 17.7 Å². The first-order valence-corrected chi connectivity index (χ1v) is 17.3. The zero-order chi connectivity index (χ0) is 35.6. The smallest absolute Gasteiger partial charge is 0.263 e. The number of benzene rings is 3. The number of hydrogen-bond donors (Lipinski definition) is 2. The van der Waals surface area contributed by atoms with Crippen LogP contribution in [0.3, 0.4) is 0 Å². The van der Waals surface area contributed by atoms with Crippen molar-refractivity contribution in [1.29, 1.82) is 0 Å². The Bertz CT molecular complexity index is 2110. The van der Waals surface area contributed by atoms with Crippen molar-refractivity contribution in [2.75, 3.05) is 43.4 Å². The minimum absolute atomic E-state index is 0.102. The Kier molecular flexibility index (Phi) is 9.20. The molecule has 5 heterocycles. The van der Waals surface area contributed by atoms with Crippen molar-refractivity contribution in [2.24, 2.45) is 0 Å². The summed E-state index contributed by atoms with van der Waals surface area (Å²) in [5.41, 5.74) is 12.4. The molecule has 2 saturated heterocycles. The van der Waals surface area contributed by atoms with Crippen LogP contribution in [0.15, 0.2) is 79.1 Å². The van der Waals surface area contributed by atoms with Gasteiger partial charge in [0.2, 0.25) is 5.91 Å². The number of unbranched alkanes of at least 4 members (excludes halogenated alkanes) is 1. The molecule has 3 N–H and O–H groups in total. The van der Waals surface area contributed by atoms with E-state index >= 15 is 0 Å². The molecule has 0 saturated carbocycles. The number of amides is 3. The number of nitrogens with two attached hydrogens (primary N) is 1. The van der Waals surface area contributed by atoms with Gasteiger partial charge in [-0.3, -0.25) is 24.1 Å². The first kappa shape index (κ1) is 33.3. The highest BCUT2D eigenvalue weighted by atomic mass is 16.9. The third-order valence-corrected chi connectivity index (χ3v) is 9.57. The molecule has 3 aromatic carbocycles. The van der Waals surface area contributed by atoms with Gasteiger partial charge in [0.25, 0.3) is 11.8 Å². The maximum Gasteiger partial charge on any atom is 0.263 e. The molecular weight excluding hydrogens is 666 g/mol. The van der Waals surface area contributed by atoms with Gasteiger partial charge in [-0.1, -0.05) is 23.8 Å². The second kappa shape index (κ2) is 14.4. The number of hydrogen-bond acceptors (Lipinski definition) is 12. The van der Waals surface area contributed by atoms with E-state index in [1.165, 1.54) is 6.33 Å². The summed E-state index contributed by atoms with van der Waals surface area (Å²) in [5, 5.41) is 5.56. The second-order valence-electron chi connectivity index (χ2n) is 12.8. The molecule has 266 valence electrons. The predicted octanol–water partition coefficient (Wildman–Crippen LogP) is 4.17. The van der Waals surface area contributed by atoms with Gasteiger partial charge in [-0.2, -0.15) is 5.10 Å². The van der Waals surface area contributed by atoms with Crippen molar-refractivity contribution in [3.8, 4) is 22.8 Å². The molecule has 0 aliphatic carbocycles. The molecule has 2 aromatic heterocycles. The average molecular weight is 704 g/mol. The standard InChI is InChI=1S/C37H37N9O6/c38-34-32-33(24-9-12-27(13-10-24)51-26-6-2-1-3-7-26)41-45(35(32)40-23-39-34)16-5-4-8-30(47)44-19-17-43(18-20-44)25-11-14-28-29(22-25)37(49)46(36(28)48)31-15-21-50-42-52-31/h1-3,6-7,9-14,22-23,31,42H,4-5,8,15-21H2,(H2,38,39,40). The minimum atomic E-state index is -0.729. The monoisotopic (exact) mass is 703 g/mol. The van der Waals surface area contributed by atoms with Gasteiger partial charge in [0.1, 0.15) is 29.3 Å². The normalized spacial score (nSPS) is 17.5. The average Bonchev–Trinajstić information content (AvgIpc) is 3.68. The van der Waals surface area contributed by atoms with Gasteiger partial charge in [0.15, 0.2) is 11.9 Å². The first-order chi connectivity index (χ1) is 25.4. The quantitative estimate of drug-likeness (QED) is 0.158. The third-order valence-electron chi connectivity index (χ3n) is 9.57. The molecule has 1 unspecified atom stereocenters. The van der Waals surface area contributed by atoms with Crippen molar-refractivity contribution in [2.45, 2.75) is 38.5 Å². The topological polar surface area (TPSA) is 170 Å². The number of para-hydroxylation sites is 1. The number of fused-ring (bicyclic) bond motifs is 2. The van der Waals surface area contributed by atoms with Crippen molar-refractivity contribution in [3.05, 3.63) is 90.3 Å². The van der Waals surface area contributed by atoms with Gasteiger partial charge in [0, 0.05) is 56.8 Å². The Morgan fingerprint density at radius 3 is 2.44 bits per heavy atom. The molecular formula is C37H37N9O6. The Morgan fingerprint density at radius 2 is 1.67 bits per heavy atom. The van der Waals surface area contributed by atoms with Gasteiger partial charge in [0.05, 0.1) is 23.1 Å². The summed E-state index contributed by atoms with van der Waals surface area (Å²) in [4.78, 5) is 63.4. The molecule has 3 aliphatic rings. The lowest BCUT2D eigenvalue weighted by Crippen LogP contribution is -2.48. The number of nitrogens with zero attached hydrogens (tertiary/aromatic N) is 7. The van der Waals surface area contributed by atoms with Crippen LogP contribution in [-0.2, 0) is 21.0 Å². The van der Waals surface area contributed by atoms with E-state index in [1.807, 2.05) is 70.2 Å². The molecule has 15 nitrogen and oxygen atoms in total. The van der Waals surface area contributed by atoms with Crippen LogP contribution in [0, 0.1) is 0 Å². The molecule has 0 spiro atoms. The van der Waals surface area contributed by atoms with E-state index in [2.05, 4.69) is 20.5 Å². The third kappa shape index (κ3) is 6.52. The summed E-state index contributed by atoms with van der Waals surface area (Å²) in [6.07, 6.45) is 2.92. The van der Waals surface area contributed by atoms with Crippen LogP contribution in [0.2, 0.25) is 0 Å². The van der Waals surface area contributed by atoms with Crippen LogP contribution in [0.5, 0.6) is 11.5 Å². The van der Waals surface area contributed by atoms with E-state index in [4.69, 9.17) is 25.2 Å². The van der Waals surface area contributed by atoms with Crippen molar-refractivity contribution in [1.82, 2.24) is 35.2 Å². The number of piperazine rings is 1. The summed E-state index contributed by atoms with van der Waals surface area (Å²) >= 11 is 0. The predicted molar refractivity (Wildman–Crippen MR) is 190 cm³/mol. The lowest BCUT2D eigenvalue weighted by Gasteiger charge is -2.36. The Hall–Kier alpha value is -5.90. The van der Waals surface area contributed by atoms with E-state index in [1.54, 1.807) is 12.1 Å². The summed E-state index contributed by atoms with van der Waals surface area (Å²) in [6.45, 7) is 3.25. The van der Waals surface area contributed by atoms with Crippen LogP contribution in [0.1, 0.15) is 46.4 Å². The van der Waals surface area contributed by atoms with Crippen LogP contribution >= 0.6 is 0 Å². The molecule has 15 heteroatoms. The number of aromatic nitrogens is 4. The first-order valence-electron chi connectivity index (χ1n) is 17.3. The summed E-state index contributed by atoms with van der Waals surface area (Å²) in [6, 6.07) is 22.6. The number of carbonyl (C=O) groups is 3. The molecule has 1 atom stereocenters. The maximum absolute atomic E-state index is 13.2. The fourth-order valence-electron chi connectivity index (χ4n) is 6.84. The summed E-state index contributed by atoms with van der Waals surface area (Å²) < 4.78 is 7.78. The van der Waals surface area contributed by atoms with Crippen LogP contribution in [0.4, 0.5) is 11.5 Å².